The van der Waals surface area contributed by atoms with Crippen molar-refractivity contribution >= 4 is 0 Å². The molecule has 0 aromatic carbocycles. The van der Waals surface area contributed by atoms with Crippen LogP contribution in [0.2, 0.25) is 0 Å². The molecule has 0 spiro atoms. The lowest BCUT2D eigenvalue weighted by atomic mass is 10.2. The van der Waals surface area contributed by atoms with Gasteiger partial charge in [-0.2, -0.15) is 9.68 Å². The van der Waals surface area contributed by atoms with Gasteiger partial charge in [0.25, 0.3) is 0 Å². The predicted octanol–water partition coefficient (Wildman–Crippen LogP) is 0.746. The summed E-state index contributed by atoms with van der Waals surface area (Å²) in [6.07, 6.45) is 2.81. The summed E-state index contributed by atoms with van der Waals surface area (Å²) in [5, 5.41) is 14.9. The summed E-state index contributed by atoms with van der Waals surface area (Å²) < 4.78 is 0. The van der Waals surface area contributed by atoms with Crippen molar-refractivity contribution in [3.05, 3.63) is 9.81 Å². The molecule has 0 fully saturated rings. The minimum Gasteiger partial charge on any atom is -0.200 e. The average Bonchev–Trinajstić information content (AvgIpc) is 2.08. The summed E-state index contributed by atoms with van der Waals surface area (Å²) in [5.41, 5.74) is 0. The van der Waals surface area contributed by atoms with Crippen LogP contribution in [0.4, 0.5) is 0 Å². The first-order chi connectivity index (χ1) is 6.63. The summed E-state index contributed by atoms with van der Waals surface area (Å²) in [6, 6.07) is 0. The minimum atomic E-state index is -0.579. The standard InChI is InChI=1S/C6H14N2O6/c9-7(10)13-5-3-1-2-4-6-14-8(11)12/h1-6H2,(H,9,10)(H,11,12)/q+2. The van der Waals surface area contributed by atoms with Gasteiger partial charge < -0.3 is 0 Å². The average molecular weight is 210 g/mol. The van der Waals surface area contributed by atoms with E-state index in [-0.39, 0.29) is 13.2 Å². The van der Waals surface area contributed by atoms with Gasteiger partial charge in [0, 0.05) is 0 Å². The van der Waals surface area contributed by atoms with Gasteiger partial charge in [0.1, 0.15) is 9.81 Å². The lowest BCUT2D eigenvalue weighted by Gasteiger charge is -1.94. The van der Waals surface area contributed by atoms with E-state index < -0.39 is 10.2 Å². The van der Waals surface area contributed by atoms with E-state index in [0.717, 1.165) is 12.8 Å². The molecule has 8 nitrogen and oxygen atoms in total. The first kappa shape index (κ1) is 12.4. The van der Waals surface area contributed by atoms with Gasteiger partial charge in [-0.1, -0.05) is 0 Å². The molecule has 0 radical (unpaired) electrons. The zero-order valence-corrected chi connectivity index (χ0v) is 7.66. The normalized spacial score (nSPS) is 9.43. The lowest BCUT2D eigenvalue weighted by Crippen LogP contribution is -2.06. The van der Waals surface area contributed by atoms with Crippen LogP contribution >= 0.6 is 0 Å². The van der Waals surface area contributed by atoms with Crippen LogP contribution < -0.4 is 0 Å². The van der Waals surface area contributed by atoms with Crippen LogP contribution in [0.15, 0.2) is 0 Å². The molecule has 0 amide bonds. The molecular weight excluding hydrogens is 196 g/mol. The van der Waals surface area contributed by atoms with Crippen LogP contribution in [0.25, 0.3) is 0 Å². The number of unbranched alkanes of at least 4 members (excludes halogenated alkanes) is 3. The van der Waals surface area contributed by atoms with Gasteiger partial charge in [0.2, 0.25) is 0 Å². The van der Waals surface area contributed by atoms with Crippen LogP contribution in [-0.4, -0.2) is 33.8 Å². The Labute approximate surface area is 80.0 Å². The number of rotatable bonds is 9. The van der Waals surface area contributed by atoms with E-state index in [9.17, 15) is 9.81 Å². The summed E-state index contributed by atoms with van der Waals surface area (Å²) in [5.74, 6) is 0. The Bertz CT molecular complexity index is 165. The molecule has 0 aliphatic carbocycles. The fourth-order valence-corrected chi connectivity index (χ4v) is 0.843. The Morgan fingerprint density at radius 2 is 1.14 bits per heavy atom. The van der Waals surface area contributed by atoms with Gasteiger partial charge in [-0.15, -0.1) is 0 Å². The molecular formula is C6H14N2O6+2. The van der Waals surface area contributed by atoms with Crippen molar-refractivity contribution in [2.24, 2.45) is 0 Å². The van der Waals surface area contributed by atoms with Crippen molar-refractivity contribution in [3.8, 4) is 0 Å². The maximum absolute atomic E-state index is 9.82. The first-order valence-corrected chi connectivity index (χ1v) is 4.21. The van der Waals surface area contributed by atoms with Gasteiger partial charge in [-0.3, -0.25) is 0 Å². The third-order valence-electron chi connectivity index (χ3n) is 1.44. The third kappa shape index (κ3) is 10.4. The van der Waals surface area contributed by atoms with Crippen molar-refractivity contribution < 1.29 is 30.3 Å². The van der Waals surface area contributed by atoms with E-state index >= 15 is 0 Å². The molecule has 0 saturated heterocycles. The van der Waals surface area contributed by atoms with Crippen LogP contribution in [0.5, 0.6) is 0 Å². The van der Waals surface area contributed by atoms with Crippen molar-refractivity contribution in [2.75, 3.05) is 13.2 Å². The molecule has 0 aromatic heterocycles. The molecule has 0 aromatic rings. The Morgan fingerprint density at radius 1 is 0.786 bits per heavy atom. The number of nitrogens with zero attached hydrogens (tertiary/aromatic N) is 2. The molecule has 14 heavy (non-hydrogen) atoms. The highest BCUT2D eigenvalue weighted by molar-refractivity contribution is 4.40. The van der Waals surface area contributed by atoms with Gasteiger partial charge in [-0.25, -0.2) is 10.4 Å². The number of hydrogen-bond acceptors (Lipinski definition) is 4. The van der Waals surface area contributed by atoms with Crippen LogP contribution in [-0.2, 0) is 9.68 Å². The summed E-state index contributed by atoms with van der Waals surface area (Å²) in [6.45, 7) is 0.295. The molecule has 0 saturated carbocycles. The molecule has 0 heterocycles. The van der Waals surface area contributed by atoms with Crippen LogP contribution in [0, 0.1) is 9.81 Å². The fraction of sp³-hybridized carbons (Fsp3) is 1.00. The highest BCUT2D eigenvalue weighted by Crippen LogP contribution is 2.00. The van der Waals surface area contributed by atoms with Crippen molar-refractivity contribution in [1.29, 1.82) is 0 Å². The van der Waals surface area contributed by atoms with Gasteiger partial charge in [-0.05, 0) is 25.7 Å². The molecule has 0 unspecified atom stereocenters. The number of hydrogen-bond donors (Lipinski definition) is 2. The van der Waals surface area contributed by atoms with E-state index in [2.05, 4.69) is 9.68 Å². The summed E-state index contributed by atoms with van der Waals surface area (Å²) >= 11 is 0. The molecule has 8 heteroatoms. The van der Waals surface area contributed by atoms with Gasteiger partial charge in [0.05, 0.1) is 0 Å². The first-order valence-electron chi connectivity index (χ1n) is 4.21. The fourth-order valence-electron chi connectivity index (χ4n) is 0.843. The second-order valence-electron chi connectivity index (χ2n) is 2.56. The zero-order valence-electron chi connectivity index (χ0n) is 7.66. The minimum absolute atomic E-state index is 0.147. The Hall–Kier alpha value is -1.60. The highest BCUT2D eigenvalue weighted by atomic mass is 17.0. The summed E-state index contributed by atoms with van der Waals surface area (Å²) in [7, 11) is 0. The predicted molar refractivity (Wildman–Crippen MR) is 41.2 cm³/mol. The monoisotopic (exact) mass is 210 g/mol. The van der Waals surface area contributed by atoms with E-state index in [4.69, 9.17) is 10.4 Å². The molecule has 0 aliphatic heterocycles. The van der Waals surface area contributed by atoms with Crippen molar-refractivity contribution in [1.82, 2.24) is 0 Å². The SMILES string of the molecule is O=[N+](O)OCCCCCCO[N+](=O)O. The molecule has 0 bridgehead atoms. The molecule has 2 N–H and O–H groups in total. The Balaban J connectivity index is 2.99. The smallest absolute Gasteiger partial charge is 0.200 e. The van der Waals surface area contributed by atoms with Crippen molar-refractivity contribution in [3.63, 3.8) is 0 Å². The lowest BCUT2D eigenvalue weighted by molar-refractivity contribution is -0.975. The quantitative estimate of drug-likeness (QED) is 0.430. The van der Waals surface area contributed by atoms with Crippen LogP contribution in [0.3, 0.4) is 0 Å². The van der Waals surface area contributed by atoms with Crippen LogP contribution in [0.1, 0.15) is 25.7 Å². The van der Waals surface area contributed by atoms with E-state index in [1.165, 1.54) is 0 Å². The molecule has 0 aliphatic rings. The second-order valence-corrected chi connectivity index (χ2v) is 2.56. The third-order valence-corrected chi connectivity index (χ3v) is 1.44. The van der Waals surface area contributed by atoms with Crippen molar-refractivity contribution in [2.45, 2.75) is 25.7 Å². The van der Waals surface area contributed by atoms with Gasteiger partial charge >= 0.3 is 10.2 Å². The summed E-state index contributed by atoms with van der Waals surface area (Å²) in [4.78, 5) is 28.0. The van der Waals surface area contributed by atoms with E-state index in [1.54, 1.807) is 0 Å². The van der Waals surface area contributed by atoms with E-state index in [1.807, 2.05) is 0 Å². The highest BCUT2D eigenvalue weighted by Gasteiger charge is 2.04. The maximum Gasteiger partial charge on any atom is 0.475 e. The maximum atomic E-state index is 9.82. The zero-order chi connectivity index (χ0) is 10.8. The Morgan fingerprint density at radius 3 is 1.43 bits per heavy atom. The molecule has 82 valence electrons. The Kier molecular flexibility index (Phi) is 7.10. The van der Waals surface area contributed by atoms with E-state index in [0.29, 0.717) is 12.8 Å². The second kappa shape index (κ2) is 8.02. The largest absolute Gasteiger partial charge is 0.475 e. The van der Waals surface area contributed by atoms with Gasteiger partial charge in [0.15, 0.2) is 13.2 Å². The molecule has 0 rings (SSSR count). The molecule has 0 atom stereocenters. The topological polar surface area (TPSA) is 99.1 Å².